The average Bonchev–Trinajstić information content (AvgIpc) is 2.98. The lowest BCUT2D eigenvalue weighted by Gasteiger charge is -2.27. The Morgan fingerprint density at radius 1 is 1.52 bits per heavy atom. The van der Waals surface area contributed by atoms with E-state index < -0.39 is 12.1 Å². The highest BCUT2D eigenvalue weighted by atomic mass is 16.5. The SMILES string of the molecule is CCc1ccc2c(c1O)N[C@H](OC)[C@@H]1CC(/C=C/C(N)=O)=CN1C2=O. The van der Waals surface area contributed by atoms with E-state index in [4.69, 9.17) is 10.5 Å². The van der Waals surface area contributed by atoms with Gasteiger partial charge in [0.15, 0.2) is 0 Å². The smallest absolute Gasteiger partial charge is 0.260 e. The van der Waals surface area contributed by atoms with E-state index in [9.17, 15) is 14.7 Å². The maximum atomic E-state index is 13.0. The number of ether oxygens (including phenoxy) is 1. The van der Waals surface area contributed by atoms with Gasteiger partial charge >= 0.3 is 0 Å². The largest absolute Gasteiger partial charge is 0.505 e. The highest BCUT2D eigenvalue weighted by Gasteiger charge is 2.40. The van der Waals surface area contributed by atoms with Gasteiger partial charge in [0.2, 0.25) is 5.91 Å². The zero-order chi connectivity index (χ0) is 18.1. The topological polar surface area (TPSA) is 105 Å². The molecule has 3 rings (SSSR count). The van der Waals surface area contributed by atoms with E-state index in [-0.39, 0.29) is 17.7 Å². The summed E-state index contributed by atoms with van der Waals surface area (Å²) < 4.78 is 5.53. The van der Waals surface area contributed by atoms with Crippen molar-refractivity contribution in [3.05, 3.63) is 47.2 Å². The van der Waals surface area contributed by atoms with Crippen LogP contribution >= 0.6 is 0 Å². The van der Waals surface area contributed by atoms with Gasteiger partial charge < -0.3 is 25.8 Å². The molecule has 4 N–H and O–H groups in total. The first-order valence-electron chi connectivity index (χ1n) is 8.11. The number of benzene rings is 1. The van der Waals surface area contributed by atoms with Crippen LogP contribution in [0, 0.1) is 0 Å². The summed E-state index contributed by atoms with van der Waals surface area (Å²) in [5.41, 5.74) is 7.48. The van der Waals surface area contributed by atoms with E-state index in [2.05, 4.69) is 5.32 Å². The third-order valence-electron chi connectivity index (χ3n) is 4.57. The van der Waals surface area contributed by atoms with E-state index >= 15 is 0 Å². The lowest BCUT2D eigenvalue weighted by Crippen LogP contribution is -2.43. The Kier molecular flexibility index (Phi) is 4.50. The molecule has 2 atom stereocenters. The minimum atomic E-state index is -0.543. The van der Waals surface area contributed by atoms with Gasteiger partial charge in [0.05, 0.1) is 17.3 Å². The van der Waals surface area contributed by atoms with Gasteiger partial charge in [0, 0.05) is 19.4 Å². The number of hydrogen-bond acceptors (Lipinski definition) is 5. The molecule has 2 amide bonds. The van der Waals surface area contributed by atoms with Crippen molar-refractivity contribution < 1.29 is 19.4 Å². The molecule has 7 heteroatoms. The molecule has 0 saturated heterocycles. The number of allylic oxidation sites excluding steroid dienone is 1. The molecule has 0 spiro atoms. The molecular formula is C18H21N3O4. The number of primary amides is 1. The van der Waals surface area contributed by atoms with Crippen molar-refractivity contribution in [2.45, 2.75) is 32.0 Å². The van der Waals surface area contributed by atoms with E-state index in [1.807, 2.05) is 6.92 Å². The number of carbonyl (C=O) groups excluding carboxylic acids is 2. The van der Waals surface area contributed by atoms with E-state index in [0.29, 0.717) is 24.1 Å². The Morgan fingerprint density at radius 3 is 2.92 bits per heavy atom. The maximum Gasteiger partial charge on any atom is 0.260 e. The predicted octanol–water partition coefficient (Wildman–Crippen LogP) is 1.49. The number of nitrogens with zero attached hydrogens (tertiary/aromatic N) is 1. The summed E-state index contributed by atoms with van der Waals surface area (Å²) in [4.78, 5) is 25.5. The second-order valence-corrected chi connectivity index (χ2v) is 6.07. The number of aromatic hydroxyl groups is 1. The fourth-order valence-corrected chi connectivity index (χ4v) is 3.27. The van der Waals surface area contributed by atoms with E-state index in [1.54, 1.807) is 36.4 Å². The molecule has 0 radical (unpaired) electrons. The second-order valence-electron chi connectivity index (χ2n) is 6.07. The molecule has 0 bridgehead atoms. The molecule has 2 aliphatic rings. The van der Waals surface area contributed by atoms with Crippen molar-refractivity contribution >= 4 is 17.5 Å². The van der Waals surface area contributed by atoms with Crippen molar-refractivity contribution in [3.8, 4) is 5.75 Å². The van der Waals surface area contributed by atoms with E-state index in [0.717, 1.165) is 11.1 Å². The first-order chi connectivity index (χ1) is 12.0. The number of methoxy groups -OCH3 is 1. The zero-order valence-electron chi connectivity index (χ0n) is 14.2. The van der Waals surface area contributed by atoms with Crippen molar-refractivity contribution in [3.63, 3.8) is 0 Å². The predicted molar refractivity (Wildman–Crippen MR) is 92.9 cm³/mol. The molecule has 1 aromatic carbocycles. The molecule has 0 saturated carbocycles. The van der Waals surface area contributed by atoms with Gasteiger partial charge in [0.25, 0.3) is 5.91 Å². The number of rotatable bonds is 4. The summed E-state index contributed by atoms with van der Waals surface area (Å²) in [7, 11) is 1.54. The molecule has 0 aliphatic carbocycles. The quantitative estimate of drug-likeness (QED) is 0.567. The lowest BCUT2D eigenvalue weighted by molar-refractivity contribution is -0.113. The standard InChI is InChI=1S/C18H21N3O4/c1-3-11-5-6-12-15(16(11)23)20-17(25-2)13-8-10(4-7-14(19)22)9-21(13)18(12)24/h4-7,9,13,17,20,23H,3,8H2,1-2H3,(H2,19,22)/b7-4+/t13-,17+/m0/s1. The third kappa shape index (κ3) is 2.98. The summed E-state index contributed by atoms with van der Waals surface area (Å²) in [6.07, 6.45) is 5.23. The maximum absolute atomic E-state index is 13.0. The lowest BCUT2D eigenvalue weighted by atomic mass is 10.0. The van der Waals surface area contributed by atoms with Crippen molar-refractivity contribution in [2.75, 3.05) is 12.4 Å². The van der Waals surface area contributed by atoms with Crippen molar-refractivity contribution in [1.29, 1.82) is 0 Å². The summed E-state index contributed by atoms with van der Waals surface area (Å²) in [6.45, 7) is 1.94. The molecule has 132 valence electrons. The van der Waals surface area contributed by atoms with Crippen LogP contribution in [0.15, 0.2) is 36.1 Å². The molecule has 25 heavy (non-hydrogen) atoms. The number of anilines is 1. The number of carbonyl (C=O) groups is 2. The fourth-order valence-electron chi connectivity index (χ4n) is 3.27. The van der Waals surface area contributed by atoms with Crippen LogP contribution in [0.3, 0.4) is 0 Å². The molecule has 2 heterocycles. The van der Waals surface area contributed by atoms with E-state index in [1.165, 1.54) is 6.08 Å². The van der Waals surface area contributed by atoms with Gasteiger partial charge in [-0.2, -0.15) is 0 Å². The third-order valence-corrected chi connectivity index (χ3v) is 4.57. The number of nitrogens with one attached hydrogen (secondary N) is 1. The monoisotopic (exact) mass is 343 g/mol. The summed E-state index contributed by atoms with van der Waals surface area (Å²) in [5.74, 6) is -0.694. The van der Waals surface area contributed by atoms with Gasteiger partial charge in [-0.25, -0.2) is 0 Å². The Labute approximate surface area is 145 Å². The first-order valence-corrected chi connectivity index (χ1v) is 8.11. The molecule has 1 aromatic rings. The van der Waals surface area contributed by atoms with Gasteiger partial charge in [0.1, 0.15) is 12.0 Å². The Bertz CT molecular complexity index is 785. The van der Waals surface area contributed by atoms with Crippen LogP contribution in [0.1, 0.15) is 29.3 Å². The molecule has 0 aromatic heterocycles. The van der Waals surface area contributed by atoms with Crippen LogP contribution < -0.4 is 11.1 Å². The molecule has 2 aliphatic heterocycles. The number of phenols is 1. The summed E-state index contributed by atoms with van der Waals surface area (Å²) in [5, 5.41) is 13.6. The van der Waals surface area contributed by atoms with Crippen LogP contribution in [0.25, 0.3) is 0 Å². The van der Waals surface area contributed by atoms with Crippen molar-refractivity contribution in [1.82, 2.24) is 4.90 Å². The van der Waals surface area contributed by atoms with Gasteiger partial charge in [-0.3, -0.25) is 9.59 Å². The van der Waals surface area contributed by atoms with Crippen LogP contribution in [-0.2, 0) is 16.0 Å². The summed E-state index contributed by atoms with van der Waals surface area (Å²) >= 11 is 0. The number of hydrogen-bond donors (Lipinski definition) is 3. The minimum Gasteiger partial charge on any atom is -0.505 e. The second kappa shape index (κ2) is 6.60. The number of aryl methyl sites for hydroxylation is 1. The summed E-state index contributed by atoms with van der Waals surface area (Å²) in [6, 6.07) is 3.18. The number of amides is 2. The Balaban J connectivity index is 2.04. The fraction of sp³-hybridized carbons (Fsp3) is 0.333. The van der Waals surface area contributed by atoms with Crippen LogP contribution in [0.5, 0.6) is 5.75 Å². The Hall–Kier alpha value is -2.80. The highest BCUT2D eigenvalue weighted by molar-refractivity contribution is 6.03. The normalized spacial score (nSPS) is 22.2. The average molecular weight is 343 g/mol. The Morgan fingerprint density at radius 2 is 2.28 bits per heavy atom. The number of phenolic OH excluding ortho intramolecular Hbond substituents is 1. The van der Waals surface area contributed by atoms with Gasteiger partial charge in [-0.05, 0) is 30.0 Å². The molecule has 0 fully saturated rings. The minimum absolute atomic E-state index is 0.0781. The molecule has 7 nitrogen and oxygen atoms in total. The highest BCUT2D eigenvalue weighted by Crippen LogP contribution is 2.39. The van der Waals surface area contributed by atoms with Gasteiger partial charge in [-0.15, -0.1) is 0 Å². The number of fused-ring (bicyclic) bond motifs is 2. The van der Waals surface area contributed by atoms with Crippen LogP contribution in [-0.4, -0.2) is 41.2 Å². The zero-order valence-corrected chi connectivity index (χ0v) is 14.2. The first kappa shape index (κ1) is 17.0. The molecule has 0 unspecified atom stereocenters. The van der Waals surface area contributed by atoms with Gasteiger partial charge in [-0.1, -0.05) is 19.1 Å². The van der Waals surface area contributed by atoms with Crippen molar-refractivity contribution in [2.24, 2.45) is 5.73 Å². The van der Waals surface area contributed by atoms with Crippen LogP contribution in [0.2, 0.25) is 0 Å². The number of nitrogens with two attached hydrogens (primary N) is 1. The molecular weight excluding hydrogens is 322 g/mol. The van der Waals surface area contributed by atoms with Crippen LogP contribution in [0.4, 0.5) is 5.69 Å².